The molecule has 0 aliphatic heterocycles. The fourth-order valence-corrected chi connectivity index (χ4v) is 2.32. The van der Waals surface area contributed by atoms with Gasteiger partial charge >= 0.3 is 0 Å². The minimum absolute atomic E-state index is 0.493. The highest BCUT2D eigenvalue weighted by atomic mass is 32.2. The maximum Gasteiger partial charge on any atom is 0.136 e. The van der Waals surface area contributed by atoms with Crippen molar-refractivity contribution < 1.29 is 0 Å². The second-order valence-electron chi connectivity index (χ2n) is 4.39. The molecule has 5 heteroatoms. The van der Waals surface area contributed by atoms with Crippen molar-refractivity contribution in [3.8, 4) is 0 Å². The molecule has 1 rings (SSSR count). The number of aromatic nitrogens is 2. The van der Waals surface area contributed by atoms with Crippen LogP contribution in [0.2, 0.25) is 0 Å². The van der Waals surface area contributed by atoms with Crippen LogP contribution in [0.5, 0.6) is 0 Å². The van der Waals surface area contributed by atoms with Crippen LogP contribution in [0.4, 0.5) is 5.82 Å². The Bertz CT molecular complexity index is 346. The third-order valence-corrected chi connectivity index (χ3v) is 3.71. The molecule has 1 aromatic heterocycles. The molecule has 0 spiro atoms. The van der Waals surface area contributed by atoms with Gasteiger partial charge in [-0.15, -0.1) is 0 Å². The van der Waals surface area contributed by atoms with Gasteiger partial charge in [0.05, 0.1) is 0 Å². The van der Waals surface area contributed by atoms with Crippen molar-refractivity contribution in [1.82, 2.24) is 15.3 Å². The molecule has 0 saturated heterocycles. The van der Waals surface area contributed by atoms with E-state index in [0.717, 1.165) is 24.5 Å². The van der Waals surface area contributed by atoms with Gasteiger partial charge in [-0.05, 0) is 31.9 Å². The average molecular weight is 268 g/mol. The van der Waals surface area contributed by atoms with E-state index in [2.05, 4.69) is 47.3 Å². The highest BCUT2D eigenvalue weighted by molar-refractivity contribution is 7.98. The van der Waals surface area contributed by atoms with Crippen molar-refractivity contribution in [2.45, 2.75) is 32.9 Å². The van der Waals surface area contributed by atoms with Crippen LogP contribution in [-0.4, -0.2) is 41.6 Å². The first-order valence-corrected chi connectivity index (χ1v) is 7.81. The molecule has 1 heterocycles. The Morgan fingerprint density at radius 2 is 2.28 bits per heavy atom. The van der Waals surface area contributed by atoms with Gasteiger partial charge in [0.2, 0.25) is 0 Å². The lowest BCUT2D eigenvalue weighted by Gasteiger charge is -2.27. The summed E-state index contributed by atoms with van der Waals surface area (Å²) in [5, 5.41) is 3.33. The van der Waals surface area contributed by atoms with Crippen molar-refractivity contribution in [2.75, 3.05) is 30.5 Å². The molecule has 0 radical (unpaired) electrons. The molecule has 1 atom stereocenters. The summed E-state index contributed by atoms with van der Waals surface area (Å²) >= 11 is 1.89. The third-order valence-electron chi connectivity index (χ3n) is 3.06. The van der Waals surface area contributed by atoms with Gasteiger partial charge in [0.25, 0.3) is 0 Å². The lowest BCUT2D eigenvalue weighted by atomic mass is 10.2. The molecule has 4 nitrogen and oxygen atoms in total. The summed E-state index contributed by atoms with van der Waals surface area (Å²) in [6.07, 6.45) is 6.85. The second kappa shape index (κ2) is 8.32. The van der Waals surface area contributed by atoms with Crippen molar-refractivity contribution in [1.29, 1.82) is 0 Å². The Balaban J connectivity index is 2.73. The van der Waals surface area contributed by atoms with Gasteiger partial charge in [-0.2, -0.15) is 11.8 Å². The topological polar surface area (TPSA) is 41.1 Å². The largest absolute Gasteiger partial charge is 0.357 e. The van der Waals surface area contributed by atoms with Crippen molar-refractivity contribution in [3.63, 3.8) is 0 Å². The molecule has 0 aliphatic rings. The number of hydrogen-bond acceptors (Lipinski definition) is 5. The summed E-state index contributed by atoms with van der Waals surface area (Å²) in [6, 6.07) is 0.493. The number of thioether (sulfide) groups is 1. The number of anilines is 1. The number of nitrogens with one attached hydrogen (secondary N) is 1. The molecule has 102 valence electrons. The molecule has 0 aromatic carbocycles. The quantitative estimate of drug-likeness (QED) is 0.782. The molecule has 0 amide bonds. The van der Waals surface area contributed by atoms with Crippen LogP contribution in [0.25, 0.3) is 0 Å². The van der Waals surface area contributed by atoms with Crippen LogP contribution in [-0.2, 0) is 6.54 Å². The van der Waals surface area contributed by atoms with E-state index in [1.54, 1.807) is 6.33 Å². The Kier molecular flexibility index (Phi) is 7.05. The van der Waals surface area contributed by atoms with Gasteiger partial charge < -0.3 is 10.2 Å². The maximum atomic E-state index is 4.43. The highest BCUT2D eigenvalue weighted by Gasteiger charge is 2.14. The molecule has 1 unspecified atom stereocenters. The van der Waals surface area contributed by atoms with E-state index < -0.39 is 0 Å². The lowest BCUT2D eigenvalue weighted by Crippen LogP contribution is -2.31. The SMILES string of the molecule is CCNCc1cncnc1N(C)C(C)CCSC. The monoisotopic (exact) mass is 268 g/mol. The zero-order valence-electron chi connectivity index (χ0n) is 11.8. The van der Waals surface area contributed by atoms with Gasteiger partial charge in [0, 0.05) is 31.4 Å². The Labute approximate surface area is 115 Å². The van der Waals surface area contributed by atoms with Crippen molar-refractivity contribution in [2.24, 2.45) is 0 Å². The molecule has 0 bridgehead atoms. The summed E-state index contributed by atoms with van der Waals surface area (Å²) in [5.74, 6) is 2.22. The second-order valence-corrected chi connectivity index (χ2v) is 5.38. The normalized spacial score (nSPS) is 12.4. The summed E-state index contributed by atoms with van der Waals surface area (Å²) in [5.41, 5.74) is 1.16. The van der Waals surface area contributed by atoms with Crippen LogP contribution < -0.4 is 10.2 Å². The highest BCUT2D eigenvalue weighted by Crippen LogP contribution is 2.18. The van der Waals surface area contributed by atoms with Crippen LogP contribution in [0.15, 0.2) is 12.5 Å². The van der Waals surface area contributed by atoms with E-state index in [1.165, 1.54) is 12.2 Å². The number of nitrogens with zero attached hydrogens (tertiary/aromatic N) is 3. The zero-order chi connectivity index (χ0) is 13.4. The van der Waals surface area contributed by atoms with E-state index in [0.29, 0.717) is 6.04 Å². The van der Waals surface area contributed by atoms with E-state index in [4.69, 9.17) is 0 Å². The minimum Gasteiger partial charge on any atom is -0.357 e. The van der Waals surface area contributed by atoms with Crippen LogP contribution >= 0.6 is 11.8 Å². The Morgan fingerprint density at radius 1 is 1.50 bits per heavy atom. The summed E-state index contributed by atoms with van der Waals surface area (Å²) in [7, 11) is 2.11. The van der Waals surface area contributed by atoms with E-state index in [-0.39, 0.29) is 0 Å². The summed E-state index contributed by atoms with van der Waals surface area (Å²) in [4.78, 5) is 10.8. The molecule has 1 N–H and O–H groups in total. The van der Waals surface area contributed by atoms with Gasteiger partial charge in [0.15, 0.2) is 0 Å². The summed E-state index contributed by atoms with van der Waals surface area (Å²) in [6.45, 7) is 6.13. The van der Waals surface area contributed by atoms with E-state index in [1.807, 2.05) is 18.0 Å². The van der Waals surface area contributed by atoms with Crippen LogP contribution in [0.1, 0.15) is 25.8 Å². The van der Waals surface area contributed by atoms with Gasteiger partial charge in [-0.1, -0.05) is 6.92 Å². The van der Waals surface area contributed by atoms with Gasteiger partial charge in [-0.3, -0.25) is 0 Å². The van der Waals surface area contributed by atoms with E-state index in [9.17, 15) is 0 Å². The minimum atomic E-state index is 0.493. The fourth-order valence-electron chi connectivity index (χ4n) is 1.74. The standard InChI is InChI=1S/C13H24N4S/c1-5-14-8-12-9-15-10-16-13(12)17(3)11(2)6-7-18-4/h9-11,14H,5-8H2,1-4H3. The van der Waals surface area contributed by atoms with Gasteiger partial charge in [0.1, 0.15) is 12.1 Å². The maximum absolute atomic E-state index is 4.43. The van der Waals surface area contributed by atoms with Crippen LogP contribution in [0.3, 0.4) is 0 Å². The molecule has 0 aliphatic carbocycles. The molecular formula is C13H24N4S. The molecular weight excluding hydrogens is 244 g/mol. The number of rotatable bonds is 8. The first-order chi connectivity index (χ1) is 8.70. The Hall–Kier alpha value is -0.810. The fraction of sp³-hybridized carbons (Fsp3) is 0.692. The van der Waals surface area contributed by atoms with Gasteiger partial charge in [-0.25, -0.2) is 9.97 Å². The smallest absolute Gasteiger partial charge is 0.136 e. The molecule has 0 fully saturated rings. The average Bonchev–Trinajstić information content (AvgIpc) is 2.42. The first kappa shape index (κ1) is 15.2. The molecule has 0 saturated carbocycles. The Morgan fingerprint density at radius 3 is 2.94 bits per heavy atom. The first-order valence-electron chi connectivity index (χ1n) is 6.42. The zero-order valence-corrected chi connectivity index (χ0v) is 12.6. The van der Waals surface area contributed by atoms with Crippen molar-refractivity contribution in [3.05, 3.63) is 18.1 Å². The van der Waals surface area contributed by atoms with Crippen LogP contribution in [0, 0.1) is 0 Å². The molecule has 18 heavy (non-hydrogen) atoms. The summed E-state index contributed by atoms with van der Waals surface area (Å²) < 4.78 is 0. The third kappa shape index (κ3) is 4.46. The molecule has 1 aromatic rings. The number of hydrogen-bond donors (Lipinski definition) is 1. The lowest BCUT2D eigenvalue weighted by molar-refractivity contribution is 0.649. The van der Waals surface area contributed by atoms with E-state index >= 15 is 0 Å². The predicted molar refractivity (Wildman–Crippen MR) is 80.3 cm³/mol. The predicted octanol–water partition coefficient (Wildman–Crippen LogP) is 2.16. The van der Waals surface area contributed by atoms with Crippen molar-refractivity contribution >= 4 is 17.6 Å².